The molecule has 5 heteroatoms. The summed E-state index contributed by atoms with van der Waals surface area (Å²) in [6, 6.07) is 6.96. The van der Waals surface area contributed by atoms with Crippen LogP contribution in [0.5, 0.6) is 5.75 Å². The van der Waals surface area contributed by atoms with E-state index in [-0.39, 0.29) is 19.6 Å². The average Bonchev–Trinajstić information content (AvgIpc) is 2.33. The van der Waals surface area contributed by atoms with Gasteiger partial charge in [-0.05, 0) is 24.5 Å². The fraction of sp³-hybridized carbons (Fsp3) is 0.538. The van der Waals surface area contributed by atoms with Gasteiger partial charge in [-0.1, -0.05) is 25.1 Å². The Morgan fingerprint density at radius 2 is 1.94 bits per heavy atom. The van der Waals surface area contributed by atoms with Crippen LogP contribution in [0.1, 0.15) is 18.9 Å². The topological polar surface area (TPSA) is 29.5 Å². The van der Waals surface area contributed by atoms with E-state index in [1.165, 1.54) is 6.92 Å². The molecule has 1 aromatic rings. The molecule has 2 nitrogen and oxygen atoms in total. The number of para-hydroxylation sites is 1. The van der Waals surface area contributed by atoms with Crippen molar-refractivity contribution in [1.82, 2.24) is 0 Å². The molecule has 0 aliphatic heterocycles. The van der Waals surface area contributed by atoms with Crippen LogP contribution in [0.3, 0.4) is 0 Å². The minimum Gasteiger partial charge on any atom is -0.491 e. The molecule has 0 saturated heterocycles. The predicted octanol–water partition coefficient (Wildman–Crippen LogP) is 3.19. The number of halogens is 3. The molecule has 0 aliphatic carbocycles. The predicted molar refractivity (Wildman–Crippen MR) is 62.6 cm³/mol. The number of aryl methyl sites for hydroxylation is 1. The minimum absolute atomic E-state index is 0.0308. The van der Waals surface area contributed by atoms with E-state index in [2.05, 4.69) is 0 Å². The van der Waals surface area contributed by atoms with Crippen LogP contribution >= 0.6 is 0 Å². The summed E-state index contributed by atoms with van der Waals surface area (Å²) in [5.41, 5.74) is 0.738. The second-order valence-electron chi connectivity index (χ2n) is 4.16. The molecule has 1 rings (SSSR count). The third kappa shape index (κ3) is 4.56. The first-order valence-electron chi connectivity index (χ1n) is 5.83. The van der Waals surface area contributed by atoms with E-state index < -0.39 is 12.1 Å². The largest absolute Gasteiger partial charge is 0.491 e. The molecule has 0 fully saturated rings. The summed E-state index contributed by atoms with van der Waals surface area (Å²) in [7, 11) is 0. The van der Waals surface area contributed by atoms with Crippen molar-refractivity contribution in [2.45, 2.75) is 25.9 Å². The van der Waals surface area contributed by atoms with E-state index in [1.807, 2.05) is 0 Å². The molecule has 0 radical (unpaired) electrons. The molecule has 102 valence electrons. The van der Waals surface area contributed by atoms with Gasteiger partial charge in [-0.2, -0.15) is 13.2 Å². The molecule has 0 spiro atoms. The van der Waals surface area contributed by atoms with Crippen LogP contribution in [0.4, 0.5) is 13.2 Å². The molecular weight excluding hydrogens is 245 g/mol. The van der Waals surface area contributed by atoms with Crippen molar-refractivity contribution in [1.29, 1.82) is 0 Å². The number of rotatable bonds is 6. The third-order valence-electron chi connectivity index (χ3n) is 2.73. The highest BCUT2D eigenvalue weighted by molar-refractivity contribution is 5.33. The monoisotopic (exact) mass is 262 g/mol. The molecule has 0 bridgehead atoms. The Balaban J connectivity index is 2.61. The van der Waals surface area contributed by atoms with Gasteiger partial charge in [-0.15, -0.1) is 0 Å². The summed E-state index contributed by atoms with van der Waals surface area (Å²) in [5, 5.41) is 8.67. The van der Waals surface area contributed by atoms with E-state index in [4.69, 9.17) is 9.84 Å². The summed E-state index contributed by atoms with van der Waals surface area (Å²) in [4.78, 5) is 0. The van der Waals surface area contributed by atoms with E-state index in [9.17, 15) is 13.2 Å². The molecule has 18 heavy (non-hydrogen) atoms. The van der Waals surface area contributed by atoms with Gasteiger partial charge >= 0.3 is 6.18 Å². The SMILES string of the molecule is CC(CCc1ccccc1OCCO)C(F)(F)F. The van der Waals surface area contributed by atoms with Gasteiger partial charge in [0.1, 0.15) is 12.4 Å². The summed E-state index contributed by atoms with van der Waals surface area (Å²) in [5.74, 6) is -0.788. The average molecular weight is 262 g/mol. The molecule has 1 unspecified atom stereocenters. The molecule has 1 atom stereocenters. The smallest absolute Gasteiger partial charge is 0.391 e. The second kappa shape index (κ2) is 6.64. The first-order chi connectivity index (χ1) is 8.45. The van der Waals surface area contributed by atoms with E-state index in [0.29, 0.717) is 12.2 Å². The standard InChI is InChI=1S/C13H17F3O2/c1-10(13(14,15)16)6-7-11-4-2-3-5-12(11)18-9-8-17/h2-5,10,17H,6-9H2,1H3. The van der Waals surface area contributed by atoms with Crippen molar-refractivity contribution in [3.8, 4) is 5.75 Å². The van der Waals surface area contributed by atoms with Crippen LogP contribution in [0.2, 0.25) is 0 Å². The van der Waals surface area contributed by atoms with Gasteiger partial charge in [0.05, 0.1) is 12.5 Å². The zero-order valence-electron chi connectivity index (χ0n) is 10.2. The summed E-state index contributed by atoms with van der Waals surface area (Å²) in [6.07, 6.45) is -3.81. The highest BCUT2D eigenvalue weighted by atomic mass is 19.4. The van der Waals surface area contributed by atoms with Crippen molar-refractivity contribution in [2.75, 3.05) is 13.2 Å². The fourth-order valence-electron chi connectivity index (χ4n) is 1.54. The lowest BCUT2D eigenvalue weighted by atomic mass is 10.00. The minimum atomic E-state index is -4.15. The van der Waals surface area contributed by atoms with Crippen molar-refractivity contribution in [3.05, 3.63) is 29.8 Å². The summed E-state index contributed by atoms with van der Waals surface area (Å²) in [6.45, 7) is 1.20. The Morgan fingerprint density at radius 3 is 2.56 bits per heavy atom. The van der Waals surface area contributed by atoms with Crippen molar-refractivity contribution in [2.24, 2.45) is 5.92 Å². The van der Waals surface area contributed by atoms with Gasteiger partial charge in [0, 0.05) is 0 Å². The second-order valence-corrected chi connectivity index (χ2v) is 4.16. The number of hydrogen-bond acceptors (Lipinski definition) is 2. The molecule has 1 N–H and O–H groups in total. The van der Waals surface area contributed by atoms with E-state index in [1.54, 1.807) is 24.3 Å². The van der Waals surface area contributed by atoms with Crippen LogP contribution in [0.25, 0.3) is 0 Å². The molecule has 0 saturated carbocycles. The maximum absolute atomic E-state index is 12.4. The third-order valence-corrected chi connectivity index (χ3v) is 2.73. The Kier molecular flexibility index (Phi) is 5.47. The van der Waals surface area contributed by atoms with Crippen LogP contribution < -0.4 is 4.74 Å². The summed E-state index contributed by atoms with van der Waals surface area (Å²) < 4.78 is 42.4. The number of alkyl halides is 3. The Bertz CT molecular complexity index is 363. The number of aliphatic hydroxyl groups is 1. The highest BCUT2D eigenvalue weighted by Crippen LogP contribution is 2.30. The normalized spacial score (nSPS) is 13.4. The number of aliphatic hydroxyl groups excluding tert-OH is 1. The number of benzene rings is 1. The fourth-order valence-corrected chi connectivity index (χ4v) is 1.54. The Labute approximate surface area is 104 Å². The van der Waals surface area contributed by atoms with E-state index in [0.717, 1.165) is 5.56 Å². The first-order valence-corrected chi connectivity index (χ1v) is 5.83. The molecular formula is C13H17F3O2. The van der Waals surface area contributed by atoms with Crippen LogP contribution in [-0.4, -0.2) is 24.5 Å². The van der Waals surface area contributed by atoms with Gasteiger partial charge in [-0.25, -0.2) is 0 Å². The molecule has 1 aromatic carbocycles. The molecule has 0 aromatic heterocycles. The van der Waals surface area contributed by atoms with Gasteiger partial charge in [0.15, 0.2) is 0 Å². The van der Waals surface area contributed by atoms with Crippen molar-refractivity contribution in [3.63, 3.8) is 0 Å². The lowest BCUT2D eigenvalue weighted by molar-refractivity contribution is -0.170. The van der Waals surface area contributed by atoms with Gasteiger partial charge in [0.25, 0.3) is 0 Å². The Hall–Kier alpha value is -1.23. The van der Waals surface area contributed by atoms with Crippen LogP contribution in [0.15, 0.2) is 24.3 Å². The molecule has 0 heterocycles. The zero-order valence-corrected chi connectivity index (χ0v) is 10.2. The van der Waals surface area contributed by atoms with Crippen LogP contribution in [0, 0.1) is 5.92 Å². The van der Waals surface area contributed by atoms with Crippen molar-refractivity contribution < 1.29 is 23.0 Å². The lowest BCUT2D eigenvalue weighted by Crippen LogP contribution is -2.20. The van der Waals surface area contributed by atoms with Gasteiger partial charge < -0.3 is 9.84 Å². The molecule has 0 aliphatic rings. The Morgan fingerprint density at radius 1 is 1.28 bits per heavy atom. The number of ether oxygens (including phenoxy) is 1. The van der Waals surface area contributed by atoms with Crippen molar-refractivity contribution >= 4 is 0 Å². The molecule has 0 amide bonds. The first kappa shape index (κ1) is 14.8. The zero-order chi connectivity index (χ0) is 13.6. The quantitative estimate of drug-likeness (QED) is 0.853. The maximum atomic E-state index is 12.4. The van der Waals surface area contributed by atoms with Crippen LogP contribution in [-0.2, 0) is 6.42 Å². The summed E-state index contributed by atoms with van der Waals surface area (Å²) >= 11 is 0. The van der Waals surface area contributed by atoms with Gasteiger partial charge in [0.2, 0.25) is 0 Å². The van der Waals surface area contributed by atoms with Gasteiger partial charge in [-0.3, -0.25) is 0 Å². The lowest BCUT2D eigenvalue weighted by Gasteiger charge is -2.16. The van der Waals surface area contributed by atoms with E-state index >= 15 is 0 Å². The highest BCUT2D eigenvalue weighted by Gasteiger charge is 2.35. The maximum Gasteiger partial charge on any atom is 0.391 e. The number of hydrogen-bond donors (Lipinski definition) is 1.